The first-order chi connectivity index (χ1) is 9.15. The maximum absolute atomic E-state index is 10.9. The number of ether oxygens (including phenoxy) is 1. The molecule has 0 bridgehead atoms. The van der Waals surface area contributed by atoms with Crippen LogP contribution in [-0.4, -0.2) is 66.9 Å². The summed E-state index contributed by atoms with van der Waals surface area (Å²) in [6.07, 6.45) is 1.68. The van der Waals surface area contributed by atoms with Crippen molar-refractivity contribution in [3.63, 3.8) is 0 Å². The van der Waals surface area contributed by atoms with Crippen LogP contribution in [0.2, 0.25) is 0 Å². The lowest BCUT2D eigenvalue weighted by atomic mass is 10.2. The topological polar surface area (TPSA) is 84.6 Å². The van der Waals surface area contributed by atoms with Crippen molar-refractivity contribution in [1.82, 2.24) is 15.1 Å². The van der Waals surface area contributed by atoms with E-state index in [0.29, 0.717) is 19.7 Å². The summed E-state index contributed by atoms with van der Waals surface area (Å²) >= 11 is 0. The van der Waals surface area contributed by atoms with E-state index in [1.165, 1.54) is 0 Å². The molecule has 104 valence electrons. The van der Waals surface area contributed by atoms with E-state index in [0.717, 1.165) is 12.4 Å². The van der Waals surface area contributed by atoms with Gasteiger partial charge in [-0.1, -0.05) is 0 Å². The highest BCUT2D eigenvalue weighted by Gasteiger charge is 2.23. The number of carbonyl (C=O) groups is 1. The Bertz CT molecular complexity index is 414. The molecule has 1 amide bonds. The third kappa shape index (κ3) is 4.15. The summed E-state index contributed by atoms with van der Waals surface area (Å²) in [6, 6.07) is 3.75. The molecule has 7 heteroatoms. The van der Waals surface area contributed by atoms with Gasteiger partial charge in [0, 0.05) is 32.9 Å². The lowest BCUT2D eigenvalue weighted by Gasteiger charge is -2.34. The average molecular weight is 265 g/mol. The quantitative estimate of drug-likeness (QED) is 0.742. The van der Waals surface area contributed by atoms with Gasteiger partial charge in [0.15, 0.2) is 5.82 Å². The molecule has 1 atom stereocenters. The molecule has 2 heterocycles. The van der Waals surface area contributed by atoms with E-state index in [4.69, 9.17) is 10.5 Å². The van der Waals surface area contributed by atoms with Crippen LogP contribution in [0.4, 0.5) is 5.82 Å². The smallest absolute Gasteiger partial charge is 0.231 e. The minimum atomic E-state index is -0.303. The predicted octanol–water partition coefficient (Wildman–Crippen LogP) is -0.901. The van der Waals surface area contributed by atoms with E-state index < -0.39 is 0 Å². The Morgan fingerprint density at radius 3 is 3.21 bits per heavy atom. The highest BCUT2D eigenvalue weighted by atomic mass is 16.5. The number of anilines is 1. The molecule has 1 aromatic heterocycles. The fraction of sp³-hybridized carbons (Fsp3) is 0.583. The van der Waals surface area contributed by atoms with E-state index in [1.807, 2.05) is 29.0 Å². The molecular weight excluding hydrogens is 246 g/mol. The molecule has 0 saturated carbocycles. The average Bonchev–Trinajstić information content (AvgIpc) is 2.39. The van der Waals surface area contributed by atoms with E-state index in [1.54, 1.807) is 6.20 Å². The minimum absolute atomic E-state index is 0.0418. The highest BCUT2D eigenvalue weighted by molar-refractivity contribution is 5.75. The summed E-state index contributed by atoms with van der Waals surface area (Å²) in [5.74, 6) is 0.501. The number of nitrogens with zero attached hydrogens (tertiary/aromatic N) is 4. The number of nitrogens with two attached hydrogens (primary N) is 1. The standard InChI is InChI=1S/C12H19N5O2/c1-16(12-3-2-4-14-15-12)7-10-8-17(5-6-19-10)9-11(13)18/h2-4,10H,5-9H2,1H3,(H2,13,18). The summed E-state index contributed by atoms with van der Waals surface area (Å²) in [7, 11) is 1.94. The third-order valence-corrected chi connectivity index (χ3v) is 3.03. The first kappa shape index (κ1) is 13.7. The summed E-state index contributed by atoms with van der Waals surface area (Å²) < 4.78 is 5.70. The first-order valence-corrected chi connectivity index (χ1v) is 6.26. The molecular formula is C12H19N5O2. The zero-order valence-corrected chi connectivity index (χ0v) is 11.0. The van der Waals surface area contributed by atoms with Gasteiger partial charge in [0.1, 0.15) is 0 Å². The molecule has 2 rings (SSSR count). The predicted molar refractivity (Wildman–Crippen MR) is 70.7 cm³/mol. The van der Waals surface area contributed by atoms with Gasteiger partial charge in [-0.25, -0.2) is 0 Å². The van der Waals surface area contributed by atoms with Crippen LogP contribution in [0.3, 0.4) is 0 Å². The van der Waals surface area contributed by atoms with Crippen LogP contribution in [0.15, 0.2) is 18.3 Å². The molecule has 1 unspecified atom stereocenters. The lowest BCUT2D eigenvalue weighted by Crippen LogP contribution is -2.49. The van der Waals surface area contributed by atoms with Crippen molar-refractivity contribution in [2.45, 2.75) is 6.10 Å². The SMILES string of the molecule is CN(CC1CN(CC(N)=O)CCO1)c1cccnn1. The fourth-order valence-corrected chi connectivity index (χ4v) is 2.15. The second-order valence-corrected chi connectivity index (χ2v) is 4.66. The Kier molecular flexibility index (Phi) is 4.64. The second-order valence-electron chi connectivity index (χ2n) is 4.66. The molecule has 0 aromatic carbocycles. The Hall–Kier alpha value is -1.73. The van der Waals surface area contributed by atoms with E-state index in [-0.39, 0.29) is 18.6 Å². The molecule has 1 fully saturated rings. The Morgan fingerprint density at radius 1 is 1.68 bits per heavy atom. The van der Waals surface area contributed by atoms with Crippen LogP contribution in [0.25, 0.3) is 0 Å². The number of morpholine rings is 1. The Balaban J connectivity index is 1.86. The van der Waals surface area contributed by atoms with Crippen molar-refractivity contribution < 1.29 is 9.53 Å². The normalized spacial score (nSPS) is 20.2. The Morgan fingerprint density at radius 2 is 2.53 bits per heavy atom. The van der Waals surface area contributed by atoms with Crippen molar-refractivity contribution in [3.05, 3.63) is 18.3 Å². The molecule has 19 heavy (non-hydrogen) atoms. The van der Waals surface area contributed by atoms with Crippen molar-refractivity contribution in [2.75, 3.05) is 44.7 Å². The fourth-order valence-electron chi connectivity index (χ4n) is 2.15. The summed E-state index contributed by atoms with van der Waals surface area (Å²) in [5.41, 5.74) is 5.21. The molecule has 1 aliphatic rings. The van der Waals surface area contributed by atoms with Gasteiger partial charge in [-0.3, -0.25) is 9.69 Å². The maximum Gasteiger partial charge on any atom is 0.231 e. The number of aromatic nitrogens is 2. The zero-order valence-electron chi connectivity index (χ0n) is 11.0. The molecule has 1 aliphatic heterocycles. The third-order valence-electron chi connectivity index (χ3n) is 3.03. The number of rotatable bonds is 5. The molecule has 2 N–H and O–H groups in total. The summed E-state index contributed by atoms with van der Waals surface area (Å²) in [5, 5.41) is 7.89. The van der Waals surface area contributed by atoms with Crippen molar-refractivity contribution in [3.8, 4) is 0 Å². The largest absolute Gasteiger partial charge is 0.374 e. The van der Waals surface area contributed by atoms with Crippen LogP contribution in [0.5, 0.6) is 0 Å². The molecule has 0 spiro atoms. The second kappa shape index (κ2) is 6.44. The van der Waals surface area contributed by atoms with Gasteiger partial charge in [0.05, 0.1) is 19.3 Å². The monoisotopic (exact) mass is 265 g/mol. The number of likely N-dealkylation sites (N-methyl/N-ethyl adjacent to an activating group) is 1. The number of hydrogen-bond acceptors (Lipinski definition) is 6. The minimum Gasteiger partial charge on any atom is -0.374 e. The number of carbonyl (C=O) groups excluding carboxylic acids is 1. The molecule has 1 saturated heterocycles. The van der Waals surface area contributed by atoms with Crippen molar-refractivity contribution >= 4 is 11.7 Å². The number of primary amides is 1. The lowest BCUT2D eigenvalue weighted by molar-refractivity contribution is -0.121. The molecule has 1 aromatic rings. The molecule has 7 nitrogen and oxygen atoms in total. The summed E-state index contributed by atoms with van der Waals surface area (Å²) in [6.45, 7) is 3.05. The van der Waals surface area contributed by atoms with Crippen LogP contribution in [0, 0.1) is 0 Å². The van der Waals surface area contributed by atoms with Gasteiger partial charge >= 0.3 is 0 Å². The van der Waals surface area contributed by atoms with Crippen LogP contribution in [-0.2, 0) is 9.53 Å². The van der Waals surface area contributed by atoms with Gasteiger partial charge < -0.3 is 15.4 Å². The van der Waals surface area contributed by atoms with Gasteiger partial charge in [-0.05, 0) is 12.1 Å². The van der Waals surface area contributed by atoms with Gasteiger partial charge in [-0.15, -0.1) is 5.10 Å². The highest BCUT2D eigenvalue weighted by Crippen LogP contribution is 2.10. The van der Waals surface area contributed by atoms with Crippen molar-refractivity contribution in [2.24, 2.45) is 5.73 Å². The molecule has 0 aliphatic carbocycles. The van der Waals surface area contributed by atoms with Crippen LogP contribution >= 0.6 is 0 Å². The van der Waals surface area contributed by atoms with E-state index in [2.05, 4.69) is 10.2 Å². The van der Waals surface area contributed by atoms with E-state index >= 15 is 0 Å². The van der Waals surface area contributed by atoms with Gasteiger partial charge in [0.2, 0.25) is 5.91 Å². The van der Waals surface area contributed by atoms with Crippen molar-refractivity contribution in [1.29, 1.82) is 0 Å². The molecule has 0 radical (unpaired) electrons. The van der Waals surface area contributed by atoms with Crippen LogP contribution < -0.4 is 10.6 Å². The number of hydrogen-bond donors (Lipinski definition) is 1. The maximum atomic E-state index is 10.9. The first-order valence-electron chi connectivity index (χ1n) is 6.26. The zero-order chi connectivity index (χ0) is 13.7. The van der Waals surface area contributed by atoms with Gasteiger partial charge in [0.25, 0.3) is 0 Å². The summed E-state index contributed by atoms with van der Waals surface area (Å²) in [4.78, 5) is 14.9. The van der Waals surface area contributed by atoms with Crippen LogP contribution in [0.1, 0.15) is 0 Å². The van der Waals surface area contributed by atoms with E-state index in [9.17, 15) is 4.79 Å². The number of amides is 1. The van der Waals surface area contributed by atoms with Gasteiger partial charge in [-0.2, -0.15) is 5.10 Å². The Labute approximate surface area is 112 Å².